The number of nitrogens with zero attached hydrogens (tertiary/aromatic N) is 1. The fourth-order valence-electron chi connectivity index (χ4n) is 2.46. The lowest BCUT2D eigenvalue weighted by molar-refractivity contribution is -0.122. The quantitative estimate of drug-likeness (QED) is 0.638. The molecule has 1 aliphatic rings. The van der Waals surface area contributed by atoms with E-state index in [1.54, 1.807) is 43.3 Å². The Morgan fingerprint density at radius 1 is 1.00 bits per heavy atom. The second-order valence-electron chi connectivity index (χ2n) is 5.44. The van der Waals surface area contributed by atoms with E-state index in [2.05, 4.69) is 5.32 Å². The third-order valence-electron chi connectivity index (χ3n) is 3.67. The number of rotatable bonds is 2. The van der Waals surface area contributed by atoms with Crippen LogP contribution in [0.2, 0.25) is 10.0 Å². The summed E-state index contributed by atoms with van der Waals surface area (Å²) in [6, 6.07) is 10.7. The molecule has 5 nitrogen and oxygen atoms in total. The molecule has 0 unspecified atom stereocenters. The fraction of sp³-hybridized carbons (Fsp3) is 0.0556. The summed E-state index contributed by atoms with van der Waals surface area (Å²) in [6.07, 6.45) is 1.39. The number of aryl methyl sites for hydroxylation is 1. The zero-order chi connectivity index (χ0) is 18.1. The molecule has 1 heterocycles. The van der Waals surface area contributed by atoms with Crippen molar-refractivity contribution in [2.24, 2.45) is 0 Å². The molecule has 0 aliphatic carbocycles. The van der Waals surface area contributed by atoms with Gasteiger partial charge in [0.15, 0.2) is 0 Å². The molecule has 3 rings (SSSR count). The molecule has 0 aromatic heterocycles. The third kappa shape index (κ3) is 3.43. The number of carbonyl (C=O) groups is 3. The third-order valence-corrected chi connectivity index (χ3v) is 4.14. The van der Waals surface area contributed by atoms with Crippen LogP contribution in [0.25, 0.3) is 6.08 Å². The number of halogens is 2. The summed E-state index contributed by atoms with van der Waals surface area (Å²) in [5.41, 5.74) is 1.40. The van der Waals surface area contributed by atoms with Crippen molar-refractivity contribution >= 4 is 52.8 Å². The summed E-state index contributed by atoms with van der Waals surface area (Å²) in [7, 11) is 0. The van der Waals surface area contributed by atoms with E-state index in [-0.39, 0.29) is 5.57 Å². The van der Waals surface area contributed by atoms with Crippen LogP contribution < -0.4 is 10.2 Å². The van der Waals surface area contributed by atoms with E-state index in [9.17, 15) is 14.4 Å². The maximum absolute atomic E-state index is 12.8. The molecule has 1 saturated heterocycles. The van der Waals surface area contributed by atoms with Crippen molar-refractivity contribution in [3.8, 4) is 0 Å². The molecule has 0 atom stereocenters. The van der Waals surface area contributed by atoms with E-state index in [0.717, 1.165) is 4.90 Å². The number of nitrogens with one attached hydrogen (secondary N) is 1. The maximum atomic E-state index is 12.8. The first-order valence-electron chi connectivity index (χ1n) is 7.30. The average molecular weight is 375 g/mol. The SMILES string of the molecule is Cc1ccc(Cl)cc1N1C(=O)NC(=O)/C(=C\c2cccc(Cl)c2)C1=O. The first-order valence-corrected chi connectivity index (χ1v) is 8.05. The summed E-state index contributed by atoms with van der Waals surface area (Å²) in [6.45, 7) is 1.74. The predicted molar refractivity (Wildman–Crippen MR) is 96.6 cm³/mol. The summed E-state index contributed by atoms with van der Waals surface area (Å²) < 4.78 is 0. The van der Waals surface area contributed by atoms with Crippen LogP contribution in [0, 0.1) is 6.92 Å². The molecule has 7 heteroatoms. The number of anilines is 1. The van der Waals surface area contributed by atoms with Gasteiger partial charge in [-0.05, 0) is 48.4 Å². The molecule has 25 heavy (non-hydrogen) atoms. The van der Waals surface area contributed by atoms with Gasteiger partial charge in [-0.2, -0.15) is 0 Å². The van der Waals surface area contributed by atoms with Crippen LogP contribution in [-0.2, 0) is 9.59 Å². The van der Waals surface area contributed by atoms with Crippen LogP contribution in [-0.4, -0.2) is 17.8 Å². The Morgan fingerprint density at radius 3 is 2.44 bits per heavy atom. The van der Waals surface area contributed by atoms with Crippen molar-refractivity contribution in [3.05, 3.63) is 69.2 Å². The first kappa shape index (κ1) is 17.2. The lowest BCUT2D eigenvalue weighted by atomic mass is 10.1. The van der Waals surface area contributed by atoms with Gasteiger partial charge in [-0.15, -0.1) is 0 Å². The fourth-order valence-corrected chi connectivity index (χ4v) is 2.83. The minimum atomic E-state index is -0.816. The van der Waals surface area contributed by atoms with Crippen molar-refractivity contribution in [1.82, 2.24) is 5.32 Å². The van der Waals surface area contributed by atoms with E-state index in [4.69, 9.17) is 23.2 Å². The standard InChI is InChI=1S/C18H12Cl2N2O3/c1-10-5-6-13(20)9-15(10)22-17(24)14(16(23)21-18(22)25)8-11-3-2-4-12(19)7-11/h2-9H,1H3,(H,21,23,25)/b14-8+. The smallest absolute Gasteiger partial charge is 0.273 e. The van der Waals surface area contributed by atoms with Crippen molar-refractivity contribution in [3.63, 3.8) is 0 Å². The van der Waals surface area contributed by atoms with Gasteiger partial charge < -0.3 is 0 Å². The summed E-state index contributed by atoms with van der Waals surface area (Å²) in [5, 5.41) is 3.02. The minimum Gasteiger partial charge on any atom is -0.273 e. The molecular weight excluding hydrogens is 363 g/mol. The largest absolute Gasteiger partial charge is 0.335 e. The molecule has 0 spiro atoms. The molecule has 4 amide bonds. The highest BCUT2D eigenvalue weighted by Crippen LogP contribution is 2.28. The Bertz CT molecular complexity index is 938. The zero-order valence-electron chi connectivity index (χ0n) is 13.0. The van der Waals surface area contributed by atoms with E-state index in [1.807, 2.05) is 0 Å². The number of hydrogen-bond donors (Lipinski definition) is 1. The van der Waals surface area contributed by atoms with Gasteiger partial charge in [-0.25, -0.2) is 9.69 Å². The van der Waals surface area contributed by atoms with Gasteiger partial charge >= 0.3 is 6.03 Å². The second kappa shape index (κ2) is 6.70. The van der Waals surface area contributed by atoms with Crippen LogP contribution in [0.15, 0.2) is 48.0 Å². The van der Waals surface area contributed by atoms with Crippen LogP contribution in [0.3, 0.4) is 0 Å². The molecule has 2 aromatic rings. The number of barbiturate groups is 1. The van der Waals surface area contributed by atoms with E-state index < -0.39 is 17.8 Å². The van der Waals surface area contributed by atoms with Crippen LogP contribution in [0.1, 0.15) is 11.1 Å². The normalized spacial score (nSPS) is 16.4. The van der Waals surface area contributed by atoms with Crippen molar-refractivity contribution in [1.29, 1.82) is 0 Å². The number of imide groups is 2. The van der Waals surface area contributed by atoms with Gasteiger partial charge in [-0.3, -0.25) is 14.9 Å². The average Bonchev–Trinajstić information content (AvgIpc) is 2.54. The number of amides is 4. The van der Waals surface area contributed by atoms with Gasteiger partial charge in [0.05, 0.1) is 5.69 Å². The first-order chi connectivity index (χ1) is 11.9. The van der Waals surface area contributed by atoms with Gasteiger partial charge in [0, 0.05) is 10.0 Å². The van der Waals surface area contributed by atoms with Gasteiger partial charge in [0.2, 0.25) is 0 Å². The molecule has 1 N–H and O–H groups in total. The van der Waals surface area contributed by atoms with Crippen LogP contribution in [0.5, 0.6) is 0 Å². The Hall–Kier alpha value is -2.63. The number of hydrogen-bond acceptors (Lipinski definition) is 3. The Balaban J connectivity index is 2.07. The van der Waals surface area contributed by atoms with Crippen LogP contribution in [0.4, 0.5) is 10.5 Å². The monoisotopic (exact) mass is 374 g/mol. The number of benzene rings is 2. The zero-order valence-corrected chi connectivity index (χ0v) is 14.6. The Kier molecular flexibility index (Phi) is 4.61. The number of urea groups is 1. The van der Waals surface area contributed by atoms with Crippen molar-refractivity contribution in [2.45, 2.75) is 6.92 Å². The summed E-state index contributed by atoms with van der Waals surface area (Å²) >= 11 is 11.9. The summed E-state index contributed by atoms with van der Waals surface area (Å²) in [5.74, 6) is -1.48. The minimum absolute atomic E-state index is 0.166. The van der Waals surface area contributed by atoms with E-state index in [1.165, 1.54) is 12.1 Å². The molecule has 0 bridgehead atoms. The molecule has 1 aliphatic heterocycles. The van der Waals surface area contributed by atoms with Crippen LogP contribution >= 0.6 is 23.2 Å². The molecule has 126 valence electrons. The molecular formula is C18H12Cl2N2O3. The Morgan fingerprint density at radius 2 is 1.72 bits per heavy atom. The topological polar surface area (TPSA) is 66.5 Å². The second-order valence-corrected chi connectivity index (χ2v) is 6.32. The van der Waals surface area contributed by atoms with Gasteiger partial charge in [0.25, 0.3) is 11.8 Å². The summed E-state index contributed by atoms with van der Waals surface area (Å²) in [4.78, 5) is 38.0. The van der Waals surface area contributed by atoms with Gasteiger partial charge in [0.1, 0.15) is 5.57 Å². The molecule has 2 aromatic carbocycles. The predicted octanol–water partition coefficient (Wildman–Crippen LogP) is 3.97. The highest BCUT2D eigenvalue weighted by molar-refractivity contribution is 6.39. The molecule has 0 saturated carbocycles. The lowest BCUT2D eigenvalue weighted by Gasteiger charge is -2.27. The van der Waals surface area contributed by atoms with Crippen molar-refractivity contribution < 1.29 is 14.4 Å². The Labute approximate surface area is 153 Å². The highest BCUT2D eigenvalue weighted by Gasteiger charge is 2.37. The van der Waals surface area contributed by atoms with E-state index in [0.29, 0.717) is 26.9 Å². The highest BCUT2D eigenvalue weighted by atomic mass is 35.5. The molecule has 0 radical (unpaired) electrons. The molecule has 1 fully saturated rings. The lowest BCUT2D eigenvalue weighted by Crippen LogP contribution is -2.54. The van der Waals surface area contributed by atoms with Crippen molar-refractivity contribution in [2.75, 3.05) is 4.90 Å². The maximum Gasteiger partial charge on any atom is 0.335 e. The van der Waals surface area contributed by atoms with Gasteiger partial charge in [-0.1, -0.05) is 41.4 Å². The number of carbonyl (C=O) groups excluding carboxylic acids is 3. The van der Waals surface area contributed by atoms with E-state index >= 15 is 0 Å².